The summed E-state index contributed by atoms with van der Waals surface area (Å²) in [7, 11) is 2.09. The molecule has 1 atom stereocenters. The molecule has 2 aromatic rings. The smallest absolute Gasteiger partial charge is 0.0105 e. The van der Waals surface area contributed by atoms with Gasteiger partial charge in [0, 0.05) is 6.04 Å². The summed E-state index contributed by atoms with van der Waals surface area (Å²) in [5.74, 6) is 0. The van der Waals surface area contributed by atoms with Crippen molar-refractivity contribution in [2.24, 2.45) is 0 Å². The van der Waals surface area contributed by atoms with Crippen LogP contribution in [0.15, 0.2) is 42.5 Å². The Kier molecular flexibility index (Phi) is 6.07. The van der Waals surface area contributed by atoms with Gasteiger partial charge in [-0.3, -0.25) is 0 Å². The first kappa shape index (κ1) is 15.1. The van der Waals surface area contributed by atoms with Gasteiger partial charge in [-0.05, 0) is 36.2 Å². The van der Waals surface area contributed by atoms with Gasteiger partial charge in [-0.2, -0.15) is 0 Å². The van der Waals surface area contributed by atoms with E-state index >= 15 is 0 Å². The molecule has 0 saturated heterocycles. The molecule has 0 spiro atoms. The lowest BCUT2D eigenvalue weighted by molar-refractivity contribution is 0.486. The molecule has 1 nitrogen and oxygen atoms in total. The zero-order chi connectivity index (χ0) is 14.2. The van der Waals surface area contributed by atoms with Crippen LogP contribution in [0.4, 0.5) is 0 Å². The van der Waals surface area contributed by atoms with Crippen molar-refractivity contribution >= 4 is 10.8 Å². The van der Waals surface area contributed by atoms with Gasteiger partial charge in [0.25, 0.3) is 0 Å². The predicted molar refractivity (Wildman–Crippen MR) is 89.3 cm³/mol. The molecule has 0 heterocycles. The van der Waals surface area contributed by atoms with Crippen molar-refractivity contribution in [3.8, 4) is 0 Å². The summed E-state index contributed by atoms with van der Waals surface area (Å²) < 4.78 is 0. The van der Waals surface area contributed by atoms with Crippen LogP contribution < -0.4 is 5.32 Å². The minimum atomic E-state index is 0.595. The third-order valence-corrected chi connectivity index (χ3v) is 4.16. The molecule has 0 radical (unpaired) electrons. The van der Waals surface area contributed by atoms with E-state index in [2.05, 4.69) is 61.8 Å². The topological polar surface area (TPSA) is 12.0 Å². The lowest BCUT2D eigenvalue weighted by atomic mass is 9.96. The Morgan fingerprint density at radius 1 is 0.950 bits per heavy atom. The molecule has 0 aliphatic rings. The van der Waals surface area contributed by atoms with Gasteiger partial charge in [-0.15, -0.1) is 0 Å². The molecule has 0 saturated carbocycles. The summed E-state index contributed by atoms with van der Waals surface area (Å²) in [5, 5.41) is 6.25. The highest BCUT2D eigenvalue weighted by Gasteiger charge is 2.09. The molecule has 1 heteroatoms. The van der Waals surface area contributed by atoms with Crippen molar-refractivity contribution in [3.63, 3.8) is 0 Å². The number of hydrogen-bond acceptors (Lipinski definition) is 1. The number of rotatable bonds is 8. The molecule has 2 rings (SSSR count). The molecule has 0 aliphatic heterocycles. The van der Waals surface area contributed by atoms with Crippen molar-refractivity contribution in [3.05, 3.63) is 48.0 Å². The van der Waals surface area contributed by atoms with Gasteiger partial charge in [0.05, 0.1) is 0 Å². The second-order valence-corrected chi connectivity index (χ2v) is 5.68. The molecular formula is C19H27N. The maximum absolute atomic E-state index is 3.49. The quantitative estimate of drug-likeness (QED) is 0.669. The van der Waals surface area contributed by atoms with Crippen molar-refractivity contribution in [1.82, 2.24) is 5.32 Å². The maximum Gasteiger partial charge on any atom is 0.0105 e. The van der Waals surface area contributed by atoms with Crippen LogP contribution in [0.2, 0.25) is 0 Å². The van der Waals surface area contributed by atoms with Gasteiger partial charge in [-0.1, -0.05) is 75.1 Å². The predicted octanol–water partition coefficient (Wildman–Crippen LogP) is 4.94. The van der Waals surface area contributed by atoms with Crippen LogP contribution in [0.25, 0.3) is 10.8 Å². The summed E-state index contributed by atoms with van der Waals surface area (Å²) in [6.45, 7) is 2.27. The largest absolute Gasteiger partial charge is 0.317 e. The van der Waals surface area contributed by atoms with E-state index in [0.717, 1.165) is 6.42 Å². The Morgan fingerprint density at radius 2 is 1.75 bits per heavy atom. The van der Waals surface area contributed by atoms with Crippen LogP contribution in [0.3, 0.4) is 0 Å². The Labute approximate surface area is 123 Å². The van der Waals surface area contributed by atoms with Crippen molar-refractivity contribution in [2.45, 2.75) is 51.5 Å². The van der Waals surface area contributed by atoms with Crippen LogP contribution in [-0.4, -0.2) is 13.1 Å². The second-order valence-electron chi connectivity index (χ2n) is 5.68. The van der Waals surface area contributed by atoms with Crippen LogP contribution in [-0.2, 0) is 6.42 Å². The van der Waals surface area contributed by atoms with Crippen LogP contribution in [0, 0.1) is 0 Å². The van der Waals surface area contributed by atoms with Crippen LogP contribution in [0.1, 0.15) is 44.6 Å². The summed E-state index contributed by atoms with van der Waals surface area (Å²) in [5.41, 5.74) is 1.47. The van der Waals surface area contributed by atoms with E-state index < -0.39 is 0 Å². The minimum Gasteiger partial charge on any atom is -0.317 e. The standard InChI is InChI=1S/C19H27N/c1-3-4-5-6-13-18(20-2)15-17-12-9-11-16-10-7-8-14-19(16)17/h7-12,14,18,20H,3-6,13,15H2,1-2H3. The lowest BCUT2D eigenvalue weighted by Gasteiger charge is -2.17. The van der Waals surface area contributed by atoms with Gasteiger partial charge in [-0.25, -0.2) is 0 Å². The third-order valence-electron chi connectivity index (χ3n) is 4.16. The third kappa shape index (κ3) is 4.08. The lowest BCUT2D eigenvalue weighted by Crippen LogP contribution is -2.27. The Hall–Kier alpha value is -1.34. The Balaban J connectivity index is 2.02. The van der Waals surface area contributed by atoms with Gasteiger partial charge in [0.2, 0.25) is 0 Å². The number of likely N-dealkylation sites (N-methyl/N-ethyl adjacent to an activating group) is 1. The number of unbranched alkanes of at least 4 members (excludes halogenated alkanes) is 3. The molecule has 0 amide bonds. The second kappa shape index (κ2) is 8.06. The van der Waals surface area contributed by atoms with Crippen molar-refractivity contribution < 1.29 is 0 Å². The number of nitrogens with one attached hydrogen (secondary N) is 1. The fourth-order valence-electron chi connectivity index (χ4n) is 2.90. The molecule has 1 N–H and O–H groups in total. The molecule has 2 aromatic carbocycles. The van der Waals surface area contributed by atoms with E-state index in [4.69, 9.17) is 0 Å². The molecular weight excluding hydrogens is 242 g/mol. The molecule has 0 aromatic heterocycles. The first-order valence-corrected chi connectivity index (χ1v) is 7.99. The van der Waals surface area contributed by atoms with Gasteiger partial charge < -0.3 is 5.32 Å². The van der Waals surface area contributed by atoms with E-state index in [1.54, 1.807) is 0 Å². The monoisotopic (exact) mass is 269 g/mol. The van der Waals surface area contributed by atoms with Crippen molar-refractivity contribution in [2.75, 3.05) is 7.05 Å². The highest BCUT2D eigenvalue weighted by Crippen LogP contribution is 2.21. The highest BCUT2D eigenvalue weighted by molar-refractivity contribution is 5.85. The van der Waals surface area contributed by atoms with Crippen LogP contribution in [0.5, 0.6) is 0 Å². The molecule has 0 bridgehead atoms. The van der Waals surface area contributed by atoms with E-state index in [-0.39, 0.29) is 0 Å². The SMILES string of the molecule is CCCCCCC(Cc1cccc2ccccc12)NC. The van der Waals surface area contributed by atoms with Crippen molar-refractivity contribution in [1.29, 1.82) is 0 Å². The zero-order valence-electron chi connectivity index (χ0n) is 12.9. The molecule has 108 valence electrons. The fourth-order valence-corrected chi connectivity index (χ4v) is 2.90. The van der Waals surface area contributed by atoms with E-state index in [0.29, 0.717) is 6.04 Å². The highest BCUT2D eigenvalue weighted by atomic mass is 14.9. The normalized spacial score (nSPS) is 12.7. The summed E-state index contributed by atoms with van der Waals surface area (Å²) in [6, 6.07) is 16.0. The average Bonchev–Trinajstić information content (AvgIpc) is 2.50. The van der Waals surface area contributed by atoms with E-state index in [1.807, 2.05) is 0 Å². The maximum atomic E-state index is 3.49. The van der Waals surface area contributed by atoms with Crippen LogP contribution >= 0.6 is 0 Å². The minimum absolute atomic E-state index is 0.595. The average molecular weight is 269 g/mol. The summed E-state index contributed by atoms with van der Waals surface area (Å²) in [6.07, 6.45) is 7.79. The first-order valence-electron chi connectivity index (χ1n) is 7.99. The molecule has 0 fully saturated rings. The Bertz CT molecular complexity index is 513. The molecule has 0 aliphatic carbocycles. The summed E-state index contributed by atoms with van der Waals surface area (Å²) >= 11 is 0. The zero-order valence-corrected chi connectivity index (χ0v) is 12.9. The number of benzene rings is 2. The molecule has 1 unspecified atom stereocenters. The van der Waals surface area contributed by atoms with Gasteiger partial charge in [0.15, 0.2) is 0 Å². The van der Waals surface area contributed by atoms with E-state index in [9.17, 15) is 0 Å². The molecule has 20 heavy (non-hydrogen) atoms. The Morgan fingerprint density at radius 3 is 2.55 bits per heavy atom. The number of hydrogen-bond donors (Lipinski definition) is 1. The summed E-state index contributed by atoms with van der Waals surface area (Å²) in [4.78, 5) is 0. The fraction of sp³-hybridized carbons (Fsp3) is 0.474. The first-order chi connectivity index (χ1) is 9.85. The van der Waals surface area contributed by atoms with E-state index in [1.165, 1.54) is 48.4 Å². The van der Waals surface area contributed by atoms with Gasteiger partial charge in [0.1, 0.15) is 0 Å². The van der Waals surface area contributed by atoms with Gasteiger partial charge >= 0.3 is 0 Å². The number of fused-ring (bicyclic) bond motifs is 1.